The molecule has 1 aliphatic heterocycles. The Balaban J connectivity index is 2.32. The summed E-state index contributed by atoms with van der Waals surface area (Å²) < 4.78 is 12.9. The lowest BCUT2D eigenvalue weighted by atomic mass is 10.1. The van der Waals surface area contributed by atoms with Gasteiger partial charge < -0.3 is 10.0 Å². The summed E-state index contributed by atoms with van der Waals surface area (Å²) in [5.74, 6) is 0.291. The van der Waals surface area contributed by atoms with Crippen molar-refractivity contribution in [1.29, 1.82) is 0 Å². The number of likely N-dealkylation sites (tertiary alicyclic amines) is 1. The molecular formula is C14H12FNO3. The number of hydrogen-bond donors (Lipinski definition) is 1. The van der Waals surface area contributed by atoms with E-state index in [1.165, 1.54) is 29.2 Å². The fourth-order valence-corrected chi connectivity index (χ4v) is 2.19. The topological polar surface area (TPSA) is 57.6 Å². The lowest BCUT2D eigenvalue weighted by molar-refractivity contribution is -0.148. The standard InChI is InChI=1S/C14H12FNO3/c1-2-9-7-12(17)16(8-9)13(14(18)19)10-3-5-11(15)6-4-10/h1,3-6,9,13H,7-8H2,(H,18,19)/t9?,13-/m0/s1. The van der Waals surface area contributed by atoms with E-state index in [-0.39, 0.29) is 24.8 Å². The van der Waals surface area contributed by atoms with Crippen LogP contribution in [0.25, 0.3) is 0 Å². The fourth-order valence-electron chi connectivity index (χ4n) is 2.19. The third-order valence-corrected chi connectivity index (χ3v) is 3.13. The van der Waals surface area contributed by atoms with Gasteiger partial charge in [-0.1, -0.05) is 12.1 Å². The summed E-state index contributed by atoms with van der Waals surface area (Å²) in [5, 5.41) is 9.29. The van der Waals surface area contributed by atoms with Gasteiger partial charge in [0.05, 0.1) is 0 Å². The maximum Gasteiger partial charge on any atom is 0.331 e. The van der Waals surface area contributed by atoms with Crippen LogP contribution in [0.15, 0.2) is 24.3 Å². The van der Waals surface area contributed by atoms with Crippen molar-refractivity contribution in [3.63, 3.8) is 0 Å². The first-order valence-electron chi connectivity index (χ1n) is 5.76. The molecule has 0 bridgehead atoms. The molecule has 5 heteroatoms. The maximum absolute atomic E-state index is 12.9. The molecule has 2 atom stereocenters. The van der Waals surface area contributed by atoms with E-state index in [2.05, 4.69) is 5.92 Å². The van der Waals surface area contributed by atoms with Gasteiger partial charge in [-0.3, -0.25) is 4.79 Å². The number of carboxylic acid groups (broad SMARTS) is 1. The number of benzene rings is 1. The Morgan fingerprint density at radius 2 is 2.11 bits per heavy atom. The van der Waals surface area contributed by atoms with Gasteiger partial charge in [0, 0.05) is 18.9 Å². The summed E-state index contributed by atoms with van der Waals surface area (Å²) >= 11 is 0. The molecule has 1 amide bonds. The highest BCUT2D eigenvalue weighted by molar-refractivity contribution is 5.86. The number of amides is 1. The van der Waals surface area contributed by atoms with Crippen molar-refractivity contribution in [2.45, 2.75) is 12.5 Å². The van der Waals surface area contributed by atoms with Gasteiger partial charge in [-0.05, 0) is 17.7 Å². The van der Waals surface area contributed by atoms with Crippen LogP contribution < -0.4 is 0 Å². The zero-order valence-corrected chi connectivity index (χ0v) is 10.0. The van der Waals surface area contributed by atoms with Crippen LogP contribution in [0.2, 0.25) is 0 Å². The van der Waals surface area contributed by atoms with Gasteiger partial charge in [0.2, 0.25) is 5.91 Å². The largest absolute Gasteiger partial charge is 0.479 e. The second kappa shape index (κ2) is 5.11. The molecule has 1 aromatic rings. The van der Waals surface area contributed by atoms with Gasteiger partial charge in [0.25, 0.3) is 0 Å². The van der Waals surface area contributed by atoms with E-state index in [0.717, 1.165) is 0 Å². The van der Waals surface area contributed by atoms with E-state index in [9.17, 15) is 19.1 Å². The van der Waals surface area contributed by atoms with Crippen molar-refractivity contribution in [2.24, 2.45) is 5.92 Å². The molecule has 1 saturated heterocycles. The lowest BCUT2D eigenvalue weighted by Crippen LogP contribution is -2.35. The Morgan fingerprint density at radius 1 is 1.47 bits per heavy atom. The highest BCUT2D eigenvalue weighted by Crippen LogP contribution is 2.28. The minimum Gasteiger partial charge on any atom is -0.479 e. The van der Waals surface area contributed by atoms with Crippen molar-refractivity contribution >= 4 is 11.9 Å². The van der Waals surface area contributed by atoms with Gasteiger partial charge in [0.1, 0.15) is 5.82 Å². The summed E-state index contributed by atoms with van der Waals surface area (Å²) in [6, 6.07) is 3.95. The van der Waals surface area contributed by atoms with E-state index in [1.807, 2.05) is 0 Å². The van der Waals surface area contributed by atoms with Crippen LogP contribution in [0.5, 0.6) is 0 Å². The number of carbonyl (C=O) groups excluding carboxylic acids is 1. The van der Waals surface area contributed by atoms with Crippen molar-refractivity contribution in [1.82, 2.24) is 4.90 Å². The summed E-state index contributed by atoms with van der Waals surface area (Å²) in [7, 11) is 0. The molecule has 1 heterocycles. The van der Waals surface area contributed by atoms with E-state index < -0.39 is 17.8 Å². The predicted octanol–water partition coefficient (Wildman–Crippen LogP) is 1.43. The molecule has 98 valence electrons. The second-order valence-electron chi connectivity index (χ2n) is 4.41. The van der Waals surface area contributed by atoms with Gasteiger partial charge in [-0.25, -0.2) is 9.18 Å². The molecule has 1 aliphatic rings. The van der Waals surface area contributed by atoms with Crippen LogP contribution in [-0.2, 0) is 9.59 Å². The van der Waals surface area contributed by atoms with Crippen LogP contribution in [0, 0.1) is 24.1 Å². The average molecular weight is 261 g/mol. The Morgan fingerprint density at radius 3 is 2.58 bits per heavy atom. The minimum atomic E-state index is -1.15. The molecule has 19 heavy (non-hydrogen) atoms. The smallest absolute Gasteiger partial charge is 0.331 e. The Kier molecular flexibility index (Phi) is 3.52. The van der Waals surface area contributed by atoms with Gasteiger partial charge in [-0.15, -0.1) is 12.3 Å². The number of halogens is 1. The Labute approximate surface area is 109 Å². The van der Waals surface area contributed by atoms with Crippen molar-refractivity contribution in [3.8, 4) is 12.3 Å². The molecule has 4 nitrogen and oxygen atoms in total. The highest BCUT2D eigenvalue weighted by Gasteiger charge is 2.37. The lowest BCUT2D eigenvalue weighted by Gasteiger charge is -2.24. The predicted molar refractivity (Wildman–Crippen MR) is 65.4 cm³/mol. The number of rotatable bonds is 3. The van der Waals surface area contributed by atoms with Crippen LogP contribution >= 0.6 is 0 Å². The first kappa shape index (κ1) is 13.1. The first-order chi connectivity index (χ1) is 9.02. The molecular weight excluding hydrogens is 249 g/mol. The molecule has 0 spiro atoms. The summed E-state index contributed by atoms with van der Waals surface area (Å²) in [5.41, 5.74) is 0.361. The quantitative estimate of drug-likeness (QED) is 0.837. The van der Waals surface area contributed by atoms with Gasteiger partial charge in [-0.2, -0.15) is 0 Å². The molecule has 0 aliphatic carbocycles. The van der Waals surface area contributed by atoms with Gasteiger partial charge >= 0.3 is 5.97 Å². The number of carbonyl (C=O) groups is 2. The number of terminal acetylenes is 1. The molecule has 1 unspecified atom stereocenters. The Hall–Kier alpha value is -2.35. The summed E-state index contributed by atoms with van der Waals surface area (Å²) in [6.45, 7) is 0.212. The van der Waals surface area contributed by atoms with Crippen molar-refractivity contribution in [2.75, 3.05) is 6.54 Å². The zero-order valence-electron chi connectivity index (χ0n) is 10.0. The van der Waals surface area contributed by atoms with E-state index >= 15 is 0 Å². The average Bonchev–Trinajstić information content (AvgIpc) is 2.73. The maximum atomic E-state index is 12.9. The second-order valence-corrected chi connectivity index (χ2v) is 4.41. The van der Waals surface area contributed by atoms with E-state index in [1.54, 1.807) is 0 Å². The molecule has 2 rings (SSSR count). The van der Waals surface area contributed by atoms with Crippen LogP contribution in [-0.4, -0.2) is 28.4 Å². The summed E-state index contributed by atoms with van der Waals surface area (Å²) in [4.78, 5) is 24.4. The SMILES string of the molecule is C#CC1CC(=O)N([C@H](C(=O)O)c2ccc(F)cc2)C1. The Bertz CT molecular complexity index is 547. The fraction of sp³-hybridized carbons (Fsp3) is 0.286. The van der Waals surface area contributed by atoms with Crippen LogP contribution in [0.4, 0.5) is 4.39 Å². The minimum absolute atomic E-state index is 0.154. The van der Waals surface area contributed by atoms with Gasteiger partial charge in [0.15, 0.2) is 6.04 Å². The molecule has 1 aromatic carbocycles. The highest BCUT2D eigenvalue weighted by atomic mass is 19.1. The van der Waals surface area contributed by atoms with Crippen molar-refractivity contribution < 1.29 is 19.1 Å². The van der Waals surface area contributed by atoms with Crippen LogP contribution in [0.3, 0.4) is 0 Å². The number of aliphatic carboxylic acids is 1. The summed E-state index contributed by atoms with van der Waals surface area (Å²) in [6.07, 6.45) is 5.42. The first-order valence-corrected chi connectivity index (χ1v) is 5.76. The number of hydrogen-bond acceptors (Lipinski definition) is 2. The van der Waals surface area contributed by atoms with E-state index in [0.29, 0.717) is 5.56 Å². The van der Waals surface area contributed by atoms with Crippen LogP contribution in [0.1, 0.15) is 18.0 Å². The molecule has 1 fully saturated rings. The normalized spacial score (nSPS) is 20.1. The number of carboxylic acids is 1. The third kappa shape index (κ3) is 2.58. The monoisotopic (exact) mass is 261 g/mol. The van der Waals surface area contributed by atoms with E-state index in [4.69, 9.17) is 6.42 Å². The molecule has 0 saturated carbocycles. The van der Waals surface area contributed by atoms with Crippen molar-refractivity contribution in [3.05, 3.63) is 35.6 Å². The molecule has 1 N–H and O–H groups in total. The third-order valence-electron chi connectivity index (χ3n) is 3.13. The molecule has 0 aromatic heterocycles. The zero-order chi connectivity index (χ0) is 14.0. The molecule has 0 radical (unpaired) electrons. The number of nitrogens with zero attached hydrogens (tertiary/aromatic N) is 1.